The first-order chi connectivity index (χ1) is 10.9. The summed E-state index contributed by atoms with van der Waals surface area (Å²) >= 11 is 12.1. The van der Waals surface area contributed by atoms with Gasteiger partial charge in [-0.2, -0.15) is 0 Å². The van der Waals surface area contributed by atoms with E-state index in [0.29, 0.717) is 16.6 Å². The fraction of sp³-hybridized carbons (Fsp3) is 0.278. The zero-order valence-corrected chi connectivity index (χ0v) is 14.6. The fourth-order valence-corrected chi connectivity index (χ4v) is 2.65. The molecule has 2 aromatic carbocycles. The van der Waals surface area contributed by atoms with Crippen molar-refractivity contribution in [3.05, 3.63) is 69.7 Å². The maximum atomic E-state index is 12.2. The van der Waals surface area contributed by atoms with Crippen LogP contribution in [0.25, 0.3) is 0 Å². The summed E-state index contributed by atoms with van der Waals surface area (Å²) in [5.41, 5.74) is 1.06. The van der Waals surface area contributed by atoms with Gasteiger partial charge < -0.3 is 10.1 Å². The van der Waals surface area contributed by atoms with Crippen molar-refractivity contribution in [2.75, 3.05) is 13.7 Å². The molecule has 0 bridgehead atoms. The van der Waals surface area contributed by atoms with Crippen molar-refractivity contribution < 1.29 is 9.53 Å². The largest absolute Gasteiger partial charge is 0.372 e. The molecule has 0 saturated heterocycles. The molecule has 2 rings (SSSR count). The summed E-state index contributed by atoms with van der Waals surface area (Å²) in [6.07, 6.45) is 0.231. The third-order valence-electron chi connectivity index (χ3n) is 3.82. The van der Waals surface area contributed by atoms with Crippen LogP contribution in [0.1, 0.15) is 18.1 Å². The quantitative estimate of drug-likeness (QED) is 0.846. The van der Waals surface area contributed by atoms with Crippen LogP contribution < -0.4 is 5.32 Å². The van der Waals surface area contributed by atoms with Crippen LogP contribution in [0.15, 0.2) is 48.5 Å². The molecule has 1 atom stereocenters. The Balaban J connectivity index is 2.02. The van der Waals surface area contributed by atoms with Crippen molar-refractivity contribution in [2.45, 2.75) is 18.9 Å². The Labute approximate surface area is 146 Å². The molecule has 1 unspecified atom stereocenters. The van der Waals surface area contributed by atoms with Gasteiger partial charge in [0.15, 0.2) is 0 Å². The van der Waals surface area contributed by atoms with E-state index in [-0.39, 0.29) is 12.3 Å². The lowest BCUT2D eigenvalue weighted by molar-refractivity contribution is -0.122. The highest BCUT2D eigenvalue weighted by atomic mass is 35.5. The number of hydrogen-bond donors (Lipinski definition) is 1. The molecule has 0 aromatic heterocycles. The van der Waals surface area contributed by atoms with Crippen LogP contribution in [-0.4, -0.2) is 19.6 Å². The zero-order chi connectivity index (χ0) is 16.9. The SMILES string of the molecule is COC(C)(CNC(=O)Cc1ccccc1Cl)c1cccc(Cl)c1. The molecule has 3 nitrogen and oxygen atoms in total. The second-order valence-corrected chi connectivity index (χ2v) is 6.33. The molecule has 5 heteroatoms. The van der Waals surface area contributed by atoms with E-state index in [9.17, 15) is 4.79 Å². The first-order valence-electron chi connectivity index (χ1n) is 7.26. The molecule has 0 spiro atoms. The number of benzene rings is 2. The fourth-order valence-electron chi connectivity index (χ4n) is 2.25. The van der Waals surface area contributed by atoms with Gasteiger partial charge in [-0.25, -0.2) is 0 Å². The monoisotopic (exact) mass is 351 g/mol. The Morgan fingerprint density at radius 3 is 2.57 bits per heavy atom. The number of carbonyl (C=O) groups is 1. The Kier molecular flexibility index (Phi) is 6.05. The van der Waals surface area contributed by atoms with Crippen LogP contribution in [0.4, 0.5) is 0 Å². The van der Waals surface area contributed by atoms with Crippen molar-refractivity contribution in [2.24, 2.45) is 0 Å². The maximum absolute atomic E-state index is 12.2. The average molecular weight is 352 g/mol. The highest BCUT2D eigenvalue weighted by Gasteiger charge is 2.27. The Morgan fingerprint density at radius 2 is 1.91 bits per heavy atom. The van der Waals surface area contributed by atoms with Gasteiger partial charge in [-0.3, -0.25) is 4.79 Å². The summed E-state index contributed by atoms with van der Waals surface area (Å²) in [7, 11) is 1.61. The van der Waals surface area contributed by atoms with Gasteiger partial charge in [0.05, 0.1) is 13.0 Å². The van der Waals surface area contributed by atoms with Gasteiger partial charge in [0.2, 0.25) is 5.91 Å². The van der Waals surface area contributed by atoms with Crippen molar-refractivity contribution >= 4 is 29.1 Å². The maximum Gasteiger partial charge on any atom is 0.224 e. The number of halogens is 2. The number of nitrogens with one attached hydrogen (secondary N) is 1. The van der Waals surface area contributed by atoms with E-state index in [1.165, 1.54) is 0 Å². The van der Waals surface area contributed by atoms with Crippen LogP contribution in [0, 0.1) is 0 Å². The average Bonchev–Trinajstić information content (AvgIpc) is 2.55. The van der Waals surface area contributed by atoms with Crippen molar-refractivity contribution in [1.29, 1.82) is 0 Å². The van der Waals surface area contributed by atoms with Crippen LogP contribution in [0.5, 0.6) is 0 Å². The van der Waals surface area contributed by atoms with Crippen LogP contribution in [-0.2, 0) is 21.6 Å². The van der Waals surface area contributed by atoms with Gasteiger partial charge in [0, 0.05) is 17.2 Å². The Morgan fingerprint density at radius 1 is 1.17 bits per heavy atom. The molecule has 1 N–H and O–H groups in total. The Bertz CT molecular complexity index is 690. The molecule has 0 fully saturated rings. The summed E-state index contributed by atoms with van der Waals surface area (Å²) in [5.74, 6) is -0.108. The summed E-state index contributed by atoms with van der Waals surface area (Å²) in [5, 5.41) is 4.12. The van der Waals surface area contributed by atoms with Crippen LogP contribution in [0.2, 0.25) is 10.0 Å². The molecule has 0 aliphatic rings. The number of methoxy groups -OCH3 is 1. The van der Waals surface area contributed by atoms with E-state index in [1.807, 2.05) is 43.3 Å². The molecule has 1 amide bonds. The van der Waals surface area contributed by atoms with E-state index >= 15 is 0 Å². The molecule has 0 saturated carbocycles. The van der Waals surface area contributed by atoms with Crippen LogP contribution in [0.3, 0.4) is 0 Å². The summed E-state index contributed by atoms with van der Waals surface area (Å²) in [6, 6.07) is 14.7. The lowest BCUT2D eigenvalue weighted by atomic mass is 9.95. The summed E-state index contributed by atoms with van der Waals surface area (Å²) < 4.78 is 5.60. The topological polar surface area (TPSA) is 38.3 Å². The molecular weight excluding hydrogens is 333 g/mol. The van der Waals surface area contributed by atoms with E-state index in [1.54, 1.807) is 19.2 Å². The van der Waals surface area contributed by atoms with Crippen molar-refractivity contribution in [3.63, 3.8) is 0 Å². The number of hydrogen-bond acceptors (Lipinski definition) is 2. The zero-order valence-electron chi connectivity index (χ0n) is 13.1. The molecule has 0 radical (unpaired) electrons. The minimum absolute atomic E-state index is 0.108. The van der Waals surface area contributed by atoms with E-state index in [0.717, 1.165) is 11.1 Å². The van der Waals surface area contributed by atoms with Gasteiger partial charge >= 0.3 is 0 Å². The number of carbonyl (C=O) groups excluding carboxylic acids is 1. The van der Waals surface area contributed by atoms with Gasteiger partial charge in [-0.1, -0.05) is 53.5 Å². The van der Waals surface area contributed by atoms with Crippen molar-refractivity contribution in [1.82, 2.24) is 5.32 Å². The normalized spacial score (nSPS) is 13.4. The third kappa shape index (κ3) is 4.71. The van der Waals surface area contributed by atoms with Gasteiger partial charge in [0.1, 0.15) is 5.60 Å². The summed E-state index contributed by atoms with van der Waals surface area (Å²) in [4.78, 5) is 12.2. The predicted octanol–water partition coefficient (Wildman–Crippen LogP) is 4.21. The molecule has 2 aromatic rings. The minimum atomic E-state index is -0.652. The molecule has 122 valence electrons. The van der Waals surface area contributed by atoms with E-state index < -0.39 is 5.60 Å². The Hall–Kier alpha value is -1.55. The smallest absolute Gasteiger partial charge is 0.224 e. The number of amides is 1. The van der Waals surface area contributed by atoms with Crippen molar-refractivity contribution in [3.8, 4) is 0 Å². The van der Waals surface area contributed by atoms with Gasteiger partial charge in [0.25, 0.3) is 0 Å². The highest BCUT2D eigenvalue weighted by Crippen LogP contribution is 2.26. The lowest BCUT2D eigenvalue weighted by Crippen LogP contribution is -2.40. The highest BCUT2D eigenvalue weighted by molar-refractivity contribution is 6.31. The molecule has 23 heavy (non-hydrogen) atoms. The predicted molar refractivity (Wildman–Crippen MR) is 94.0 cm³/mol. The van der Waals surface area contributed by atoms with Gasteiger partial charge in [-0.15, -0.1) is 0 Å². The van der Waals surface area contributed by atoms with E-state index in [2.05, 4.69) is 5.32 Å². The van der Waals surface area contributed by atoms with Crippen LogP contribution >= 0.6 is 23.2 Å². The van der Waals surface area contributed by atoms with E-state index in [4.69, 9.17) is 27.9 Å². The number of rotatable bonds is 6. The molecule has 0 heterocycles. The first-order valence-corrected chi connectivity index (χ1v) is 8.01. The second kappa shape index (κ2) is 7.82. The molecule has 0 aliphatic carbocycles. The number of ether oxygens (including phenoxy) is 1. The molecular formula is C18H19Cl2NO2. The lowest BCUT2D eigenvalue weighted by Gasteiger charge is -2.29. The second-order valence-electron chi connectivity index (χ2n) is 5.49. The molecule has 0 aliphatic heterocycles. The summed E-state index contributed by atoms with van der Waals surface area (Å²) in [6.45, 7) is 2.25. The third-order valence-corrected chi connectivity index (χ3v) is 4.42. The first kappa shape index (κ1) is 17.8. The minimum Gasteiger partial charge on any atom is -0.372 e. The standard InChI is InChI=1S/C18H19Cl2NO2/c1-18(23-2,14-7-5-8-15(19)11-14)12-21-17(22)10-13-6-3-4-9-16(13)20/h3-9,11H,10,12H2,1-2H3,(H,21,22). The van der Waals surface area contributed by atoms with Gasteiger partial charge in [-0.05, 0) is 36.2 Å².